The lowest BCUT2D eigenvalue weighted by Gasteiger charge is -2.30. The third-order valence-electron chi connectivity index (χ3n) is 5.33. The number of carbonyl (C=O) groups excluding carboxylic acids is 1. The summed E-state index contributed by atoms with van der Waals surface area (Å²) < 4.78 is 39.0. The van der Waals surface area contributed by atoms with Crippen LogP contribution in [0.15, 0.2) is 35.1 Å². The second kappa shape index (κ2) is 8.75. The number of nitrogens with one attached hydrogen (secondary N) is 2. The molecular formula is C20H23F3N4O2. The van der Waals surface area contributed by atoms with Gasteiger partial charge in [0.2, 0.25) is 5.91 Å². The average molecular weight is 408 g/mol. The van der Waals surface area contributed by atoms with Crippen LogP contribution >= 0.6 is 0 Å². The van der Waals surface area contributed by atoms with Crippen molar-refractivity contribution in [2.75, 3.05) is 0 Å². The van der Waals surface area contributed by atoms with E-state index in [9.17, 15) is 22.8 Å². The first-order valence-electron chi connectivity index (χ1n) is 9.69. The molecule has 0 spiro atoms. The van der Waals surface area contributed by atoms with Crippen molar-refractivity contribution in [3.05, 3.63) is 46.4 Å². The number of H-pyrrole nitrogens is 1. The lowest BCUT2D eigenvalue weighted by Crippen LogP contribution is -2.40. The molecule has 1 aliphatic carbocycles. The fraction of sp³-hybridized carbons (Fsp3) is 0.500. The summed E-state index contributed by atoms with van der Waals surface area (Å²) in [7, 11) is 0. The van der Waals surface area contributed by atoms with Gasteiger partial charge in [0, 0.05) is 11.5 Å². The SMILES string of the molecule is CCC(NC(=O)C1CCCC(C(F)(F)F)C1)c1nnc(-c2ccccc2)[nH]c1=O. The van der Waals surface area contributed by atoms with Gasteiger partial charge in [-0.25, -0.2) is 0 Å². The van der Waals surface area contributed by atoms with E-state index in [1.807, 2.05) is 6.07 Å². The highest BCUT2D eigenvalue weighted by Gasteiger charge is 2.43. The highest BCUT2D eigenvalue weighted by atomic mass is 19.4. The molecule has 1 heterocycles. The molecule has 1 aromatic carbocycles. The van der Waals surface area contributed by atoms with E-state index in [0.717, 1.165) is 0 Å². The zero-order valence-electron chi connectivity index (χ0n) is 16.0. The number of carbonyl (C=O) groups is 1. The monoisotopic (exact) mass is 408 g/mol. The van der Waals surface area contributed by atoms with E-state index in [2.05, 4.69) is 20.5 Å². The van der Waals surface area contributed by atoms with E-state index in [4.69, 9.17) is 0 Å². The summed E-state index contributed by atoms with van der Waals surface area (Å²) >= 11 is 0. The van der Waals surface area contributed by atoms with Crippen LogP contribution in [-0.2, 0) is 4.79 Å². The molecule has 6 nitrogen and oxygen atoms in total. The summed E-state index contributed by atoms with van der Waals surface area (Å²) in [5, 5.41) is 10.7. The van der Waals surface area contributed by atoms with Crippen LogP contribution in [0.4, 0.5) is 13.2 Å². The zero-order chi connectivity index (χ0) is 21.0. The zero-order valence-corrected chi connectivity index (χ0v) is 16.0. The number of hydrogen-bond donors (Lipinski definition) is 2. The van der Waals surface area contributed by atoms with E-state index < -0.39 is 35.5 Å². The molecule has 1 aliphatic rings. The molecule has 3 atom stereocenters. The van der Waals surface area contributed by atoms with Crippen LogP contribution < -0.4 is 10.9 Å². The first-order valence-corrected chi connectivity index (χ1v) is 9.69. The Bertz CT molecular complexity index is 899. The van der Waals surface area contributed by atoms with Gasteiger partial charge in [-0.05, 0) is 25.7 Å². The predicted molar refractivity (Wildman–Crippen MR) is 101 cm³/mol. The Morgan fingerprint density at radius 3 is 2.59 bits per heavy atom. The molecule has 3 rings (SSSR count). The number of nitrogens with zero attached hydrogens (tertiary/aromatic N) is 2. The standard InChI is InChI=1S/C20H23F3N4O2/c1-2-15(24-18(28)13-9-6-10-14(11-13)20(21,22)23)16-19(29)25-17(27-26-16)12-7-4-3-5-8-12/h3-5,7-8,13-15H,2,6,9-11H2,1H3,(H,24,28)(H,25,27,29). The van der Waals surface area contributed by atoms with Gasteiger partial charge in [0.15, 0.2) is 11.5 Å². The molecule has 0 aliphatic heterocycles. The normalized spacial score (nSPS) is 20.8. The van der Waals surface area contributed by atoms with Gasteiger partial charge in [-0.1, -0.05) is 43.7 Å². The molecule has 9 heteroatoms. The van der Waals surface area contributed by atoms with Crippen LogP contribution in [0.2, 0.25) is 0 Å². The third kappa shape index (κ3) is 5.02. The Kier molecular flexibility index (Phi) is 6.34. The Balaban J connectivity index is 1.73. The molecule has 2 N–H and O–H groups in total. The van der Waals surface area contributed by atoms with E-state index in [0.29, 0.717) is 30.7 Å². The van der Waals surface area contributed by atoms with Crippen LogP contribution in [-0.4, -0.2) is 27.3 Å². The largest absolute Gasteiger partial charge is 0.391 e. The van der Waals surface area contributed by atoms with E-state index in [-0.39, 0.29) is 18.5 Å². The van der Waals surface area contributed by atoms with Crippen LogP contribution in [0.1, 0.15) is 50.8 Å². The molecule has 1 aromatic heterocycles. The molecular weight excluding hydrogens is 385 g/mol. The number of aromatic nitrogens is 3. The number of aromatic amines is 1. The number of alkyl halides is 3. The maximum atomic E-state index is 13.0. The van der Waals surface area contributed by atoms with Crippen molar-refractivity contribution in [3.63, 3.8) is 0 Å². The Morgan fingerprint density at radius 2 is 1.97 bits per heavy atom. The van der Waals surface area contributed by atoms with E-state index in [1.165, 1.54) is 0 Å². The quantitative estimate of drug-likeness (QED) is 0.788. The van der Waals surface area contributed by atoms with Crippen LogP contribution in [0.3, 0.4) is 0 Å². The van der Waals surface area contributed by atoms with Crippen molar-refractivity contribution in [1.82, 2.24) is 20.5 Å². The number of benzene rings is 1. The first kappa shape index (κ1) is 21.0. The van der Waals surface area contributed by atoms with Gasteiger partial charge < -0.3 is 10.3 Å². The van der Waals surface area contributed by atoms with Crippen molar-refractivity contribution >= 4 is 5.91 Å². The highest BCUT2D eigenvalue weighted by Crippen LogP contribution is 2.40. The van der Waals surface area contributed by atoms with Gasteiger partial charge in [-0.3, -0.25) is 9.59 Å². The number of halogens is 3. The van der Waals surface area contributed by atoms with Gasteiger partial charge >= 0.3 is 6.18 Å². The summed E-state index contributed by atoms with van der Waals surface area (Å²) in [4.78, 5) is 27.7. The maximum absolute atomic E-state index is 13.0. The van der Waals surface area contributed by atoms with Crippen molar-refractivity contribution in [2.45, 2.75) is 51.2 Å². The fourth-order valence-electron chi connectivity index (χ4n) is 3.68. The molecule has 1 amide bonds. The topological polar surface area (TPSA) is 87.7 Å². The summed E-state index contributed by atoms with van der Waals surface area (Å²) in [5.41, 5.74) is 0.257. The third-order valence-corrected chi connectivity index (χ3v) is 5.33. The van der Waals surface area contributed by atoms with Gasteiger partial charge in [0.25, 0.3) is 5.56 Å². The molecule has 156 valence electrons. The minimum atomic E-state index is -4.29. The van der Waals surface area contributed by atoms with Crippen LogP contribution in [0, 0.1) is 11.8 Å². The van der Waals surface area contributed by atoms with E-state index in [1.54, 1.807) is 31.2 Å². The second-order valence-electron chi connectivity index (χ2n) is 7.33. The van der Waals surface area contributed by atoms with Gasteiger partial charge in [-0.2, -0.15) is 13.2 Å². The van der Waals surface area contributed by atoms with Crippen LogP contribution in [0.5, 0.6) is 0 Å². The molecule has 0 saturated heterocycles. The highest BCUT2D eigenvalue weighted by molar-refractivity contribution is 5.79. The number of rotatable bonds is 5. The Labute approximate surface area is 165 Å². The van der Waals surface area contributed by atoms with Crippen molar-refractivity contribution < 1.29 is 18.0 Å². The molecule has 2 aromatic rings. The summed E-state index contributed by atoms with van der Waals surface area (Å²) in [5.74, 6) is -2.35. The van der Waals surface area contributed by atoms with Crippen molar-refractivity contribution in [3.8, 4) is 11.4 Å². The average Bonchev–Trinajstić information content (AvgIpc) is 2.72. The van der Waals surface area contributed by atoms with Crippen molar-refractivity contribution in [1.29, 1.82) is 0 Å². The maximum Gasteiger partial charge on any atom is 0.391 e. The lowest BCUT2D eigenvalue weighted by molar-refractivity contribution is -0.186. The predicted octanol–water partition coefficient (Wildman–Crippen LogP) is 3.77. The van der Waals surface area contributed by atoms with Gasteiger partial charge in [0.1, 0.15) is 0 Å². The molecule has 0 radical (unpaired) electrons. The van der Waals surface area contributed by atoms with Crippen molar-refractivity contribution in [2.24, 2.45) is 11.8 Å². The summed E-state index contributed by atoms with van der Waals surface area (Å²) in [6.45, 7) is 1.76. The molecule has 3 unspecified atom stereocenters. The number of hydrogen-bond acceptors (Lipinski definition) is 4. The summed E-state index contributed by atoms with van der Waals surface area (Å²) in [6.07, 6.45) is -3.34. The Morgan fingerprint density at radius 1 is 1.24 bits per heavy atom. The minimum Gasteiger partial charge on any atom is -0.347 e. The first-order chi connectivity index (χ1) is 13.8. The lowest BCUT2D eigenvalue weighted by atomic mass is 9.80. The molecule has 0 bridgehead atoms. The Hall–Kier alpha value is -2.71. The minimum absolute atomic E-state index is 0.0451. The molecule has 1 saturated carbocycles. The van der Waals surface area contributed by atoms with Crippen LogP contribution in [0.25, 0.3) is 11.4 Å². The van der Waals surface area contributed by atoms with Gasteiger partial charge in [-0.15, -0.1) is 10.2 Å². The molecule has 1 fully saturated rings. The fourth-order valence-corrected chi connectivity index (χ4v) is 3.68. The second-order valence-corrected chi connectivity index (χ2v) is 7.33. The van der Waals surface area contributed by atoms with Gasteiger partial charge in [0.05, 0.1) is 12.0 Å². The molecule has 29 heavy (non-hydrogen) atoms. The smallest absolute Gasteiger partial charge is 0.347 e. The number of amides is 1. The van der Waals surface area contributed by atoms with E-state index >= 15 is 0 Å². The summed E-state index contributed by atoms with van der Waals surface area (Å²) in [6, 6.07) is 8.28.